The Bertz CT molecular complexity index is 1890. The van der Waals surface area contributed by atoms with Crippen molar-refractivity contribution in [2.75, 3.05) is 25.6 Å². The molecule has 0 saturated heterocycles. The Hall–Kier alpha value is -5.14. The molecule has 0 spiro atoms. The molecule has 0 radical (unpaired) electrons. The van der Waals surface area contributed by atoms with Gasteiger partial charge >= 0.3 is 0 Å². The zero-order valence-electron chi connectivity index (χ0n) is 23.3. The average Bonchev–Trinajstić information content (AvgIpc) is 3.30. The number of hydrogen-bond acceptors (Lipinski definition) is 8. The van der Waals surface area contributed by atoms with Gasteiger partial charge < -0.3 is 19.5 Å². The van der Waals surface area contributed by atoms with Gasteiger partial charge in [-0.25, -0.2) is 4.99 Å². The molecule has 1 aromatic heterocycles. The van der Waals surface area contributed by atoms with Crippen LogP contribution < -0.4 is 34.4 Å². The third-order valence-corrected chi connectivity index (χ3v) is 7.55. The summed E-state index contributed by atoms with van der Waals surface area (Å²) in [6.45, 7) is 3.92. The van der Waals surface area contributed by atoms with Crippen molar-refractivity contribution in [2.45, 2.75) is 19.9 Å². The first-order chi connectivity index (χ1) is 20.4. The van der Waals surface area contributed by atoms with Crippen LogP contribution in [0.1, 0.15) is 31.0 Å². The number of nitrogens with zero attached hydrogens (tertiary/aromatic N) is 3. The number of nitriles is 1. The van der Waals surface area contributed by atoms with Gasteiger partial charge in [-0.3, -0.25) is 14.2 Å². The van der Waals surface area contributed by atoms with E-state index < -0.39 is 6.04 Å². The summed E-state index contributed by atoms with van der Waals surface area (Å²) in [7, 11) is 1.57. The summed E-state index contributed by atoms with van der Waals surface area (Å²) < 4.78 is 18.6. The maximum absolute atomic E-state index is 14.0. The topological polar surface area (TPSA) is 115 Å². The molecule has 1 atom stereocenters. The molecule has 9 nitrogen and oxygen atoms in total. The highest BCUT2D eigenvalue weighted by molar-refractivity contribution is 7.07. The van der Waals surface area contributed by atoms with Gasteiger partial charge in [-0.05, 0) is 67.4 Å². The Balaban J connectivity index is 1.64. The van der Waals surface area contributed by atoms with Gasteiger partial charge in [0.1, 0.15) is 11.8 Å². The molecule has 4 aromatic rings. The van der Waals surface area contributed by atoms with Gasteiger partial charge in [-0.15, -0.1) is 0 Å². The number of carbonyl (C=O) groups is 1. The van der Waals surface area contributed by atoms with Crippen molar-refractivity contribution in [1.29, 1.82) is 5.26 Å². The van der Waals surface area contributed by atoms with Crippen LogP contribution in [0.15, 0.2) is 93.9 Å². The smallest absolute Gasteiger partial charge is 0.271 e. The van der Waals surface area contributed by atoms with Crippen LogP contribution in [0.3, 0.4) is 0 Å². The predicted molar refractivity (Wildman–Crippen MR) is 161 cm³/mol. The summed E-state index contributed by atoms with van der Waals surface area (Å²) in [5.74, 6) is 1.17. The molecule has 0 fully saturated rings. The fraction of sp³-hybridized carbons (Fsp3) is 0.188. The largest absolute Gasteiger partial charge is 0.497 e. The number of aromatic nitrogens is 1. The molecule has 42 heavy (non-hydrogen) atoms. The molecule has 5 rings (SSSR count). The number of allylic oxidation sites excluding steroid dienone is 1. The first-order valence-electron chi connectivity index (χ1n) is 13.2. The molecule has 1 aliphatic rings. The molecule has 212 valence electrons. The minimum Gasteiger partial charge on any atom is -0.497 e. The fourth-order valence-electron chi connectivity index (χ4n) is 4.72. The quantitative estimate of drug-likeness (QED) is 0.318. The number of para-hydroxylation sites is 1. The van der Waals surface area contributed by atoms with Crippen LogP contribution >= 0.6 is 11.3 Å². The number of hydrogen-bond donors (Lipinski definition) is 1. The Morgan fingerprint density at radius 3 is 2.64 bits per heavy atom. The molecule has 10 heteroatoms. The lowest BCUT2D eigenvalue weighted by atomic mass is 9.95. The number of ether oxygens (including phenoxy) is 3. The number of thiazole rings is 1. The van der Waals surface area contributed by atoms with Gasteiger partial charge in [0.15, 0.2) is 22.9 Å². The van der Waals surface area contributed by atoms with E-state index >= 15 is 0 Å². The maximum Gasteiger partial charge on any atom is 0.271 e. The number of fused-ring (bicyclic) bond motifs is 1. The highest BCUT2D eigenvalue weighted by atomic mass is 32.1. The second kappa shape index (κ2) is 12.6. The molecular weight excluding hydrogens is 552 g/mol. The molecule has 1 amide bonds. The molecule has 2 heterocycles. The maximum atomic E-state index is 14.0. The second-order valence-corrected chi connectivity index (χ2v) is 10.3. The van der Waals surface area contributed by atoms with Crippen LogP contribution in [0.4, 0.5) is 5.69 Å². The second-order valence-electron chi connectivity index (χ2n) is 9.26. The van der Waals surface area contributed by atoms with Crippen LogP contribution in [0.5, 0.6) is 17.2 Å². The van der Waals surface area contributed by atoms with Crippen molar-refractivity contribution < 1.29 is 19.0 Å². The Labute approximate surface area is 246 Å². The molecule has 3 aromatic carbocycles. The van der Waals surface area contributed by atoms with Gasteiger partial charge in [-0.2, -0.15) is 5.26 Å². The molecule has 0 unspecified atom stereocenters. The predicted octanol–water partition coefficient (Wildman–Crippen LogP) is 4.18. The van der Waals surface area contributed by atoms with Gasteiger partial charge in [0, 0.05) is 5.69 Å². The highest BCUT2D eigenvalue weighted by Gasteiger charge is 2.32. The van der Waals surface area contributed by atoms with Gasteiger partial charge in [0.2, 0.25) is 0 Å². The fourth-order valence-corrected chi connectivity index (χ4v) is 5.77. The standard InChI is InChI=1S/C32H28N4O5S/c1-4-40-26-17-21(13-14-25(26)41-16-15-33)18-27-31(38)36-29(22-9-8-12-24(19-22)39-3)28(20(2)34-32(36)42-27)30(37)35-23-10-6-5-7-11-23/h5-14,17-19,29H,4,16H2,1-3H3,(H,35,37)/b27-18-/t29-/m0/s1. The van der Waals surface area contributed by atoms with Gasteiger partial charge in [0.25, 0.3) is 11.5 Å². The minimum absolute atomic E-state index is 0.109. The lowest BCUT2D eigenvalue weighted by molar-refractivity contribution is -0.113. The van der Waals surface area contributed by atoms with E-state index in [4.69, 9.17) is 24.5 Å². The normalized spacial score (nSPS) is 14.4. The van der Waals surface area contributed by atoms with E-state index in [2.05, 4.69) is 5.32 Å². The summed E-state index contributed by atoms with van der Waals surface area (Å²) in [6.07, 6.45) is 1.76. The highest BCUT2D eigenvalue weighted by Crippen LogP contribution is 2.33. The Kier molecular flexibility index (Phi) is 8.50. The Morgan fingerprint density at radius 2 is 1.90 bits per heavy atom. The van der Waals surface area contributed by atoms with Crippen LogP contribution in [0.25, 0.3) is 6.08 Å². The molecule has 1 N–H and O–H groups in total. The minimum atomic E-state index is -0.733. The van der Waals surface area contributed by atoms with Crippen molar-refractivity contribution in [3.05, 3.63) is 115 Å². The van der Waals surface area contributed by atoms with Crippen molar-refractivity contribution >= 4 is 29.0 Å². The van der Waals surface area contributed by atoms with E-state index in [0.717, 1.165) is 0 Å². The molecule has 0 aliphatic carbocycles. The number of rotatable bonds is 9. The summed E-state index contributed by atoms with van der Waals surface area (Å²) in [6, 6.07) is 23.0. The first-order valence-corrected chi connectivity index (χ1v) is 14.0. The number of methoxy groups -OCH3 is 1. The summed E-state index contributed by atoms with van der Waals surface area (Å²) in [4.78, 5) is 32.9. The van der Waals surface area contributed by atoms with Gasteiger partial charge in [-0.1, -0.05) is 47.7 Å². The molecule has 0 saturated carbocycles. The van der Waals surface area contributed by atoms with E-state index in [1.54, 1.807) is 55.0 Å². The summed E-state index contributed by atoms with van der Waals surface area (Å²) >= 11 is 1.24. The van der Waals surface area contributed by atoms with E-state index in [-0.39, 0.29) is 18.1 Å². The summed E-state index contributed by atoms with van der Waals surface area (Å²) in [5, 5.41) is 11.8. The van der Waals surface area contributed by atoms with Crippen molar-refractivity contribution in [1.82, 2.24) is 4.57 Å². The third kappa shape index (κ3) is 5.82. The zero-order valence-corrected chi connectivity index (χ0v) is 24.1. The monoisotopic (exact) mass is 580 g/mol. The number of carbonyl (C=O) groups excluding carboxylic acids is 1. The van der Waals surface area contributed by atoms with Crippen LogP contribution in [-0.2, 0) is 4.79 Å². The first kappa shape index (κ1) is 28.4. The van der Waals surface area contributed by atoms with Crippen LogP contribution in [-0.4, -0.2) is 30.8 Å². The molecule has 1 aliphatic heterocycles. The SMILES string of the molecule is CCOc1cc(/C=c2\sc3n(c2=O)[C@@H](c2cccc(OC)c2)C(C(=O)Nc2ccccc2)=C(C)N=3)ccc1OCC#N. The van der Waals surface area contributed by atoms with E-state index in [1.807, 2.05) is 55.5 Å². The van der Waals surface area contributed by atoms with E-state index in [1.165, 1.54) is 11.3 Å². The zero-order chi connectivity index (χ0) is 29.6. The van der Waals surface area contributed by atoms with Crippen LogP contribution in [0, 0.1) is 11.3 Å². The lowest BCUT2D eigenvalue weighted by Crippen LogP contribution is -2.40. The van der Waals surface area contributed by atoms with Gasteiger partial charge in [0.05, 0.1) is 35.6 Å². The number of nitrogens with one attached hydrogen (secondary N) is 1. The summed E-state index contributed by atoms with van der Waals surface area (Å²) in [5.41, 5.74) is 2.66. The number of amides is 1. The molecular formula is C32H28N4O5S. The van der Waals surface area contributed by atoms with Crippen molar-refractivity contribution in [2.24, 2.45) is 4.99 Å². The van der Waals surface area contributed by atoms with Crippen LogP contribution in [0.2, 0.25) is 0 Å². The van der Waals surface area contributed by atoms with Crippen molar-refractivity contribution in [3.63, 3.8) is 0 Å². The van der Waals surface area contributed by atoms with E-state index in [0.29, 0.717) is 61.3 Å². The number of benzene rings is 3. The Morgan fingerprint density at radius 1 is 1.10 bits per heavy atom. The third-order valence-electron chi connectivity index (χ3n) is 6.57. The molecule has 0 bridgehead atoms. The van der Waals surface area contributed by atoms with E-state index in [9.17, 15) is 9.59 Å². The average molecular weight is 581 g/mol. The number of anilines is 1. The lowest BCUT2D eigenvalue weighted by Gasteiger charge is -2.25. The van der Waals surface area contributed by atoms with Crippen molar-refractivity contribution in [3.8, 4) is 23.3 Å².